The average molecular weight is 384 g/mol. The summed E-state index contributed by atoms with van der Waals surface area (Å²) in [5.74, 6) is -3.25. The SMILES string of the molecule is O=C(O)CCN(C1CC1)S(=O)(=O)c1c(F)cc(F)cc1Br. The van der Waals surface area contributed by atoms with Crippen molar-refractivity contribution in [2.75, 3.05) is 6.54 Å². The van der Waals surface area contributed by atoms with E-state index in [-0.39, 0.29) is 23.5 Å². The molecule has 21 heavy (non-hydrogen) atoms. The summed E-state index contributed by atoms with van der Waals surface area (Å²) in [6, 6.07) is 1.02. The Morgan fingerprint density at radius 2 is 2.00 bits per heavy atom. The minimum absolute atomic E-state index is 0.221. The second kappa shape index (κ2) is 5.98. The summed E-state index contributed by atoms with van der Waals surface area (Å²) in [6.07, 6.45) is 0.814. The van der Waals surface area contributed by atoms with Gasteiger partial charge in [-0.05, 0) is 34.8 Å². The number of rotatable bonds is 6. The normalized spacial score (nSPS) is 15.4. The fourth-order valence-corrected chi connectivity index (χ4v) is 4.76. The summed E-state index contributed by atoms with van der Waals surface area (Å²) >= 11 is 2.85. The lowest BCUT2D eigenvalue weighted by Gasteiger charge is -2.22. The number of halogens is 3. The molecular weight excluding hydrogens is 372 g/mol. The molecule has 0 heterocycles. The molecule has 1 fully saturated rings. The second-order valence-corrected chi connectivity index (χ2v) is 7.37. The van der Waals surface area contributed by atoms with Gasteiger partial charge in [-0.3, -0.25) is 4.79 Å². The summed E-state index contributed by atoms with van der Waals surface area (Å²) in [7, 11) is -4.23. The van der Waals surface area contributed by atoms with Crippen LogP contribution in [0.5, 0.6) is 0 Å². The standard InChI is InChI=1S/C12H12BrF2NO4S/c13-9-5-7(14)6-10(15)12(9)21(19,20)16(8-1-2-8)4-3-11(17)18/h5-6,8H,1-4H2,(H,17,18). The van der Waals surface area contributed by atoms with E-state index in [9.17, 15) is 22.0 Å². The van der Waals surface area contributed by atoms with Crippen LogP contribution in [-0.4, -0.2) is 36.4 Å². The average Bonchev–Trinajstić information content (AvgIpc) is 3.10. The smallest absolute Gasteiger partial charge is 0.304 e. The lowest BCUT2D eigenvalue weighted by atomic mass is 10.3. The second-order valence-electron chi connectivity index (χ2n) is 4.69. The van der Waals surface area contributed by atoms with Crippen LogP contribution in [0.1, 0.15) is 19.3 Å². The van der Waals surface area contributed by atoms with Gasteiger partial charge in [0.05, 0.1) is 6.42 Å². The van der Waals surface area contributed by atoms with E-state index >= 15 is 0 Å². The van der Waals surface area contributed by atoms with Gasteiger partial charge in [-0.25, -0.2) is 17.2 Å². The van der Waals surface area contributed by atoms with Crippen LogP contribution in [0.25, 0.3) is 0 Å². The summed E-state index contributed by atoms with van der Waals surface area (Å²) < 4.78 is 52.7. The van der Waals surface area contributed by atoms with Gasteiger partial charge in [0.15, 0.2) is 0 Å². The molecule has 1 saturated carbocycles. The maximum absolute atomic E-state index is 13.9. The molecule has 0 radical (unpaired) electrons. The lowest BCUT2D eigenvalue weighted by molar-refractivity contribution is -0.137. The largest absolute Gasteiger partial charge is 0.481 e. The van der Waals surface area contributed by atoms with E-state index in [0.717, 1.165) is 10.4 Å². The Labute approximate surface area is 128 Å². The molecule has 9 heteroatoms. The molecular formula is C12H12BrF2NO4S. The number of carboxylic acids is 1. The highest BCUT2D eigenvalue weighted by atomic mass is 79.9. The monoisotopic (exact) mass is 383 g/mol. The van der Waals surface area contributed by atoms with Gasteiger partial charge >= 0.3 is 5.97 Å². The van der Waals surface area contributed by atoms with Crippen LogP contribution in [0.2, 0.25) is 0 Å². The lowest BCUT2D eigenvalue weighted by Crippen LogP contribution is -2.35. The molecule has 0 unspecified atom stereocenters. The highest BCUT2D eigenvalue weighted by molar-refractivity contribution is 9.10. The van der Waals surface area contributed by atoms with Crippen LogP contribution < -0.4 is 0 Å². The highest BCUT2D eigenvalue weighted by Crippen LogP contribution is 2.35. The third kappa shape index (κ3) is 3.58. The van der Waals surface area contributed by atoms with Gasteiger partial charge < -0.3 is 5.11 Å². The topological polar surface area (TPSA) is 74.7 Å². The van der Waals surface area contributed by atoms with Crippen molar-refractivity contribution in [3.63, 3.8) is 0 Å². The molecule has 116 valence electrons. The Morgan fingerprint density at radius 3 is 2.48 bits per heavy atom. The summed E-state index contributed by atoms with van der Waals surface area (Å²) in [4.78, 5) is 9.97. The first-order valence-electron chi connectivity index (χ1n) is 6.11. The van der Waals surface area contributed by atoms with Crippen molar-refractivity contribution in [2.24, 2.45) is 0 Å². The Kier molecular flexibility index (Phi) is 4.64. The third-order valence-electron chi connectivity index (χ3n) is 3.03. The maximum atomic E-state index is 13.9. The van der Waals surface area contributed by atoms with E-state index < -0.39 is 32.5 Å². The summed E-state index contributed by atoms with van der Waals surface area (Å²) in [5.41, 5.74) is 0. The van der Waals surface area contributed by atoms with E-state index in [0.29, 0.717) is 18.9 Å². The number of benzene rings is 1. The molecule has 1 aliphatic rings. The van der Waals surface area contributed by atoms with Crippen molar-refractivity contribution in [1.82, 2.24) is 4.31 Å². The molecule has 1 aromatic rings. The zero-order valence-electron chi connectivity index (χ0n) is 10.7. The van der Waals surface area contributed by atoms with Crippen LogP contribution >= 0.6 is 15.9 Å². The van der Waals surface area contributed by atoms with Crippen LogP contribution in [0.3, 0.4) is 0 Å². The molecule has 1 aromatic carbocycles. The number of hydrogen-bond acceptors (Lipinski definition) is 3. The first-order valence-corrected chi connectivity index (χ1v) is 8.35. The van der Waals surface area contributed by atoms with E-state index in [4.69, 9.17) is 5.11 Å². The number of carboxylic acid groups (broad SMARTS) is 1. The van der Waals surface area contributed by atoms with E-state index in [1.807, 2.05) is 0 Å². The fourth-order valence-electron chi connectivity index (χ4n) is 1.96. The van der Waals surface area contributed by atoms with Crippen molar-refractivity contribution >= 4 is 31.9 Å². The number of carbonyl (C=O) groups is 1. The van der Waals surface area contributed by atoms with Gasteiger partial charge in [-0.2, -0.15) is 4.31 Å². The number of sulfonamides is 1. The van der Waals surface area contributed by atoms with Crippen LogP contribution in [0, 0.1) is 11.6 Å². The van der Waals surface area contributed by atoms with Crippen molar-refractivity contribution < 1.29 is 27.1 Å². The Balaban J connectivity index is 2.41. The molecule has 0 bridgehead atoms. The molecule has 0 saturated heterocycles. The number of aliphatic carboxylic acids is 1. The van der Waals surface area contributed by atoms with Crippen LogP contribution in [0.15, 0.2) is 21.5 Å². The first-order chi connectivity index (χ1) is 9.73. The third-order valence-corrected chi connectivity index (χ3v) is 5.95. The molecule has 5 nitrogen and oxygen atoms in total. The minimum Gasteiger partial charge on any atom is -0.481 e. The zero-order chi connectivity index (χ0) is 15.8. The highest BCUT2D eigenvalue weighted by Gasteiger charge is 2.40. The molecule has 0 spiro atoms. The van der Waals surface area contributed by atoms with E-state index in [1.165, 1.54) is 0 Å². The molecule has 0 amide bonds. The Hall–Kier alpha value is -1.06. The maximum Gasteiger partial charge on any atom is 0.304 e. The van der Waals surface area contributed by atoms with Crippen molar-refractivity contribution in [3.8, 4) is 0 Å². The number of nitrogens with zero attached hydrogens (tertiary/aromatic N) is 1. The Bertz CT molecular complexity index is 653. The van der Waals surface area contributed by atoms with Crippen molar-refractivity contribution in [2.45, 2.75) is 30.2 Å². The van der Waals surface area contributed by atoms with Gasteiger partial charge in [0.1, 0.15) is 16.5 Å². The Morgan fingerprint density at radius 1 is 1.38 bits per heavy atom. The van der Waals surface area contributed by atoms with Crippen LogP contribution in [0.4, 0.5) is 8.78 Å². The first kappa shape index (κ1) is 16.3. The van der Waals surface area contributed by atoms with Gasteiger partial charge in [-0.15, -0.1) is 0 Å². The summed E-state index contributed by atoms with van der Waals surface area (Å²) in [5, 5.41) is 8.69. The van der Waals surface area contributed by atoms with Crippen molar-refractivity contribution in [1.29, 1.82) is 0 Å². The predicted molar refractivity (Wildman–Crippen MR) is 73.2 cm³/mol. The summed E-state index contributed by atoms with van der Waals surface area (Å²) in [6.45, 7) is -0.244. The molecule has 1 N–H and O–H groups in total. The van der Waals surface area contributed by atoms with Crippen LogP contribution in [-0.2, 0) is 14.8 Å². The van der Waals surface area contributed by atoms with Gasteiger partial charge in [-0.1, -0.05) is 0 Å². The van der Waals surface area contributed by atoms with E-state index in [1.54, 1.807) is 0 Å². The predicted octanol–water partition coefficient (Wildman–Crippen LogP) is 2.36. The molecule has 0 aromatic heterocycles. The number of hydrogen-bond donors (Lipinski definition) is 1. The molecule has 1 aliphatic carbocycles. The van der Waals surface area contributed by atoms with Gasteiger partial charge in [0.2, 0.25) is 10.0 Å². The fraction of sp³-hybridized carbons (Fsp3) is 0.417. The molecule has 0 aliphatic heterocycles. The van der Waals surface area contributed by atoms with Gasteiger partial charge in [0, 0.05) is 23.1 Å². The quantitative estimate of drug-likeness (QED) is 0.817. The van der Waals surface area contributed by atoms with E-state index in [2.05, 4.69) is 15.9 Å². The molecule has 2 rings (SSSR count). The van der Waals surface area contributed by atoms with Crippen molar-refractivity contribution in [3.05, 3.63) is 28.2 Å². The van der Waals surface area contributed by atoms with Gasteiger partial charge in [0.25, 0.3) is 0 Å². The minimum atomic E-state index is -4.23. The molecule has 0 atom stereocenters. The zero-order valence-corrected chi connectivity index (χ0v) is 13.1.